The van der Waals surface area contributed by atoms with Crippen LogP contribution in [0.4, 0.5) is 16.2 Å². The molecule has 7 heteroatoms. The third-order valence-corrected chi connectivity index (χ3v) is 3.90. The van der Waals surface area contributed by atoms with Gasteiger partial charge in [-0.15, -0.1) is 0 Å². The van der Waals surface area contributed by atoms with Crippen molar-refractivity contribution >= 4 is 17.4 Å². The first-order chi connectivity index (χ1) is 11.7. The van der Waals surface area contributed by atoms with Crippen molar-refractivity contribution in [2.45, 2.75) is 31.9 Å². The van der Waals surface area contributed by atoms with E-state index < -0.39 is 0 Å². The summed E-state index contributed by atoms with van der Waals surface area (Å²) in [5, 5.41) is 9.81. The number of hydrogen-bond donors (Lipinski definition) is 2. The summed E-state index contributed by atoms with van der Waals surface area (Å²) in [4.78, 5) is 12.0. The van der Waals surface area contributed by atoms with Gasteiger partial charge in [-0.3, -0.25) is 4.68 Å². The minimum absolute atomic E-state index is 0.208. The van der Waals surface area contributed by atoms with Crippen molar-refractivity contribution in [3.05, 3.63) is 36.7 Å². The number of nitrogens with zero attached hydrogens (tertiary/aromatic N) is 2. The Kier molecular flexibility index (Phi) is 5.32. The molecule has 7 nitrogen and oxygen atoms in total. The Labute approximate surface area is 140 Å². The van der Waals surface area contributed by atoms with Gasteiger partial charge in [0.1, 0.15) is 5.75 Å². The van der Waals surface area contributed by atoms with Crippen molar-refractivity contribution in [2.75, 3.05) is 24.4 Å². The highest BCUT2D eigenvalue weighted by Crippen LogP contribution is 2.17. The van der Waals surface area contributed by atoms with Gasteiger partial charge in [-0.1, -0.05) is 0 Å². The van der Waals surface area contributed by atoms with Crippen LogP contribution in [0, 0.1) is 0 Å². The van der Waals surface area contributed by atoms with Crippen LogP contribution in [0.3, 0.4) is 0 Å². The zero-order chi connectivity index (χ0) is 16.8. The Balaban J connectivity index is 1.50. The summed E-state index contributed by atoms with van der Waals surface area (Å²) in [6, 6.07) is 6.83. The van der Waals surface area contributed by atoms with Crippen molar-refractivity contribution < 1.29 is 14.3 Å². The molecule has 1 aromatic heterocycles. The molecule has 2 heterocycles. The fraction of sp³-hybridized carbons (Fsp3) is 0.412. The molecule has 24 heavy (non-hydrogen) atoms. The molecule has 0 spiro atoms. The average molecular weight is 330 g/mol. The molecule has 1 saturated heterocycles. The number of nitrogens with one attached hydrogen (secondary N) is 2. The first kappa shape index (κ1) is 16.3. The van der Waals surface area contributed by atoms with Gasteiger partial charge in [-0.05, 0) is 43.5 Å². The zero-order valence-electron chi connectivity index (χ0n) is 13.7. The molecular formula is C17H22N4O3. The van der Waals surface area contributed by atoms with Crippen LogP contribution in [0.15, 0.2) is 36.7 Å². The number of hydrogen-bond acceptors (Lipinski definition) is 4. The number of rotatable bonds is 5. The van der Waals surface area contributed by atoms with E-state index in [-0.39, 0.29) is 12.1 Å². The fourth-order valence-corrected chi connectivity index (χ4v) is 2.66. The highest BCUT2D eigenvalue weighted by Gasteiger charge is 2.15. The van der Waals surface area contributed by atoms with Crippen LogP contribution in [0.5, 0.6) is 5.75 Å². The van der Waals surface area contributed by atoms with E-state index in [1.807, 2.05) is 6.20 Å². The van der Waals surface area contributed by atoms with E-state index in [1.54, 1.807) is 42.3 Å². The normalized spacial score (nSPS) is 17.3. The molecule has 128 valence electrons. The molecule has 1 aliphatic rings. The summed E-state index contributed by atoms with van der Waals surface area (Å²) in [5.41, 5.74) is 1.34. The lowest BCUT2D eigenvalue weighted by molar-refractivity contribution is 0.00401. The smallest absolute Gasteiger partial charge is 0.323 e. The SMILES string of the molecule is COc1ccc(NC(=O)Nc2cnn(CC3CCCCO3)c2)cc1. The fourth-order valence-electron chi connectivity index (χ4n) is 2.66. The van der Waals surface area contributed by atoms with E-state index in [2.05, 4.69) is 15.7 Å². The van der Waals surface area contributed by atoms with Crippen LogP contribution in [-0.2, 0) is 11.3 Å². The topological polar surface area (TPSA) is 77.4 Å². The van der Waals surface area contributed by atoms with Gasteiger partial charge in [-0.2, -0.15) is 5.10 Å². The standard InChI is InChI=1S/C17H22N4O3/c1-23-15-7-5-13(6-8-15)19-17(22)20-14-10-18-21(11-14)12-16-4-2-3-9-24-16/h5-8,10-11,16H,2-4,9,12H2,1H3,(H2,19,20,22). The van der Waals surface area contributed by atoms with Crippen molar-refractivity contribution in [3.63, 3.8) is 0 Å². The summed E-state index contributed by atoms with van der Waals surface area (Å²) in [6.07, 6.45) is 7.04. The largest absolute Gasteiger partial charge is 0.497 e. The molecule has 2 N–H and O–H groups in total. The third kappa shape index (κ3) is 4.48. The average Bonchev–Trinajstić information content (AvgIpc) is 3.03. The number of carbonyl (C=O) groups excluding carboxylic acids is 1. The Morgan fingerprint density at radius 3 is 2.79 bits per heavy atom. The lowest BCUT2D eigenvalue weighted by atomic mass is 10.1. The maximum atomic E-state index is 12.0. The van der Waals surface area contributed by atoms with E-state index in [0.29, 0.717) is 17.9 Å². The van der Waals surface area contributed by atoms with Crippen molar-refractivity contribution in [1.82, 2.24) is 9.78 Å². The zero-order valence-corrected chi connectivity index (χ0v) is 13.7. The third-order valence-electron chi connectivity index (χ3n) is 3.90. The highest BCUT2D eigenvalue weighted by molar-refractivity contribution is 5.99. The predicted octanol–water partition coefficient (Wildman–Crippen LogP) is 3.10. The monoisotopic (exact) mass is 330 g/mol. The molecule has 1 unspecified atom stereocenters. The van der Waals surface area contributed by atoms with Crippen LogP contribution in [0.2, 0.25) is 0 Å². The molecule has 0 saturated carbocycles. The first-order valence-electron chi connectivity index (χ1n) is 8.09. The maximum Gasteiger partial charge on any atom is 0.323 e. The van der Waals surface area contributed by atoms with E-state index in [0.717, 1.165) is 25.2 Å². The molecular weight excluding hydrogens is 308 g/mol. The van der Waals surface area contributed by atoms with Gasteiger partial charge < -0.3 is 20.1 Å². The maximum absolute atomic E-state index is 12.0. The lowest BCUT2D eigenvalue weighted by Gasteiger charge is -2.22. The van der Waals surface area contributed by atoms with E-state index in [9.17, 15) is 4.79 Å². The second-order valence-electron chi connectivity index (χ2n) is 5.75. The number of carbonyl (C=O) groups is 1. The first-order valence-corrected chi connectivity index (χ1v) is 8.09. The highest BCUT2D eigenvalue weighted by atomic mass is 16.5. The summed E-state index contributed by atoms with van der Waals surface area (Å²) >= 11 is 0. The molecule has 0 radical (unpaired) electrons. The Bertz CT molecular complexity index is 663. The number of methoxy groups -OCH3 is 1. The number of amides is 2. The van der Waals surface area contributed by atoms with Crippen molar-refractivity contribution in [1.29, 1.82) is 0 Å². The minimum Gasteiger partial charge on any atom is -0.497 e. The van der Waals surface area contributed by atoms with Crippen LogP contribution in [-0.4, -0.2) is 35.6 Å². The summed E-state index contributed by atoms with van der Waals surface area (Å²) < 4.78 is 12.6. The Morgan fingerprint density at radius 1 is 1.29 bits per heavy atom. The van der Waals surface area contributed by atoms with E-state index in [4.69, 9.17) is 9.47 Å². The summed E-state index contributed by atoms with van der Waals surface area (Å²) in [6.45, 7) is 1.53. The summed E-state index contributed by atoms with van der Waals surface area (Å²) in [7, 11) is 1.60. The molecule has 2 aromatic rings. The van der Waals surface area contributed by atoms with Crippen LogP contribution >= 0.6 is 0 Å². The lowest BCUT2D eigenvalue weighted by Crippen LogP contribution is -2.24. The predicted molar refractivity (Wildman–Crippen MR) is 91.5 cm³/mol. The molecule has 2 amide bonds. The van der Waals surface area contributed by atoms with Crippen LogP contribution in [0.25, 0.3) is 0 Å². The molecule has 1 fully saturated rings. The van der Waals surface area contributed by atoms with Gasteiger partial charge in [0.05, 0.1) is 31.6 Å². The number of urea groups is 1. The second kappa shape index (κ2) is 7.83. The van der Waals surface area contributed by atoms with Gasteiger partial charge in [0.2, 0.25) is 0 Å². The summed E-state index contributed by atoms with van der Waals surface area (Å²) in [5.74, 6) is 0.743. The van der Waals surface area contributed by atoms with Gasteiger partial charge in [-0.25, -0.2) is 4.79 Å². The van der Waals surface area contributed by atoms with Crippen molar-refractivity contribution in [3.8, 4) is 5.75 Å². The number of ether oxygens (including phenoxy) is 2. The molecule has 0 aliphatic carbocycles. The molecule has 3 rings (SSSR count). The molecule has 0 bridgehead atoms. The molecule has 1 aromatic carbocycles. The Hall–Kier alpha value is -2.54. The number of aromatic nitrogens is 2. The van der Waals surface area contributed by atoms with Gasteiger partial charge >= 0.3 is 6.03 Å². The quantitative estimate of drug-likeness (QED) is 0.883. The van der Waals surface area contributed by atoms with Gasteiger partial charge in [0, 0.05) is 18.5 Å². The minimum atomic E-state index is -0.311. The van der Waals surface area contributed by atoms with Crippen LogP contribution in [0.1, 0.15) is 19.3 Å². The van der Waals surface area contributed by atoms with Gasteiger partial charge in [0.25, 0.3) is 0 Å². The van der Waals surface area contributed by atoms with E-state index in [1.165, 1.54) is 6.42 Å². The van der Waals surface area contributed by atoms with E-state index >= 15 is 0 Å². The van der Waals surface area contributed by atoms with Gasteiger partial charge in [0.15, 0.2) is 0 Å². The second-order valence-corrected chi connectivity index (χ2v) is 5.75. The number of benzene rings is 1. The molecule has 1 atom stereocenters. The molecule has 1 aliphatic heterocycles. The Morgan fingerprint density at radius 2 is 2.08 bits per heavy atom. The van der Waals surface area contributed by atoms with Crippen LogP contribution < -0.4 is 15.4 Å². The van der Waals surface area contributed by atoms with Crippen molar-refractivity contribution in [2.24, 2.45) is 0 Å². The number of anilines is 2.